The van der Waals surface area contributed by atoms with Gasteiger partial charge in [0.2, 0.25) is 0 Å². The van der Waals surface area contributed by atoms with E-state index in [4.69, 9.17) is 4.74 Å². The Labute approximate surface area is 163 Å². The van der Waals surface area contributed by atoms with Crippen LogP contribution < -0.4 is 5.32 Å². The minimum atomic E-state index is -0.221. The molecule has 0 saturated carbocycles. The van der Waals surface area contributed by atoms with Crippen LogP contribution in [0.25, 0.3) is 0 Å². The lowest BCUT2D eigenvalue weighted by molar-refractivity contribution is 0.0914. The maximum Gasteiger partial charge on any atom is 0.409 e. The molecule has 1 aliphatic heterocycles. The molecule has 1 aliphatic rings. The van der Waals surface area contributed by atoms with E-state index in [-0.39, 0.29) is 6.09 Å². The highest BCUT2D eigenvalue weighted by molar-refractivity contribution is 5.80. The summed E-state index contributed by atoms with van der Waals surface area (Å²) in [7, 11) is 3.96. The molecule has 1 saturated heterocycles. The second kappa shape index (κ2) is 11.4. The van der Waals surface area contributed by atoms with Crippen molar-refractivity contribution in [3.8, 4) is 0 Å². The quantitative estimate of drug-likeness (QED) is 0.448. The summed E-state index contributed by atoms with van der Waals surface area (Å²) in [5.41, 5.74) is 1.34. The molecule has 0 atom stereocenters. The van der Waals surface area contributed by atoms with E-state index in [2.05, 4.69) is 51.4 Å². The first-order chi connectivity index (χ1) is 13.1. The molecular formula is C20H33N5O2. The van der Waals surface area contributed by atoms with Crippen LogP contribution in [0.3, 0.4) is 0 Å². The minimum absolute atomic E-state index is 0.221. The summed E-state index contributed by atoms with van der Waals surface area (Å²) >= 11 is 0. The first-order valence-corrected chi connectivity index (χ1v) is 9.73. The number of hydrogen-bond acceptors (Lipinski definition) is 4. The van der Waals surface area contributed by atoms with Crippen LogP contribution in [-0.4, -0.2) is 86.7 Å². The van der Waals surface area contributed by atoms with Gasteiger partial charge in [0, 0.05) is 46.3 Å². The fourth-order valence-corrected chi connectivity index (χ4v) is 3.17. The third-order valence-corrected chi connectivity index (χ3v) is 4.61. The number of carbonyl (C=O) groups is 1. The van der Waals surface area contributed by atoms with Crippen LogP contribution in [0.2, 0.25) is 0 Å². The Bertz CT molecular complexity index is 585. The van der Waals surface area contributed by atoms with Crippen LogP contribution in [0.5, 0.6) is 0 Å². The van der Waals surface area contributed by atoms with Crippen LogP contribution in [0, 0.1) is 0 Å². The van der Waals surface area contributed by atoms with E-state index < -0.39 is 0 Å². The van der Waals surface area contributed by atoms with Crippen molar-refractivity contribution in [3.05, 3.63) is 35.9 Å². The predicted octanol–water partition coefficient (Wildman–Crippen LogP) is 1.86. The van der Waals surface area contributed by atoms with Crippen LogP contribution in [0.1, 0.15) is 18.9 Å². The van der Waals surface area contributed by atoms with Gasteiger partial charge >= 0.3 is 6.09 Å². The number of carbonyl (C=O) groups excluding carboxylic acids is 1. The number of nitrogens with one attached hydrogen (secondary N) is 1. The maximum absolute atomic E-state index is 11.8. The summed E-state index contributed by atoms with van der Waals surface area (Å²) < 4.78 is 5.07. The maximum atomic E-state index is 11.8. The molecule has 1 N–H and O–H groups in total. The number of aliphatic imine (C=N–C) groups is 1. The molecule has 0 aliphatic carbocycles. The SMILES string of the molecule is CCOC(=O)N1CCN(C(=NC)NCCCN(C)Cc2ccccc2)CC1. The third kappa shape index (κ3) is 7.09. The van der Waals surface area contributed by atoms with Gasteiger partial charge in [-0.1, -0.05) is 30.3 Å². The third-order valence-electron chi connectivity index (χ3n) is 4.61. The molecule has 2 rings (SSSR count). The zero-order chi connectivity index (χ0) is 19.5. The van der Waals surface area contributed by atoms with Crippen molar-refractivity contribution in [2.75, 3.05) is 60.0 Å². The monoisotopic (exact) mass is 375 g/mol. The lowest BCUT2D eigenvalue weighted by atomic mass is 10.2. The van der Waals surface area contributed by atoms with Crippen molar-refractivity contribution in [3.63, 3.8) is 0 Å². The fraction of sp³-hybridized carbons (Fsp3) is 0.600. The standard InChI is InChI=1S/C20H33N5O2/c1-4-27-20(26)25-15-13-24(14-16-25)19(21-2)22-11-8-12-23(3)17-18-9-6-5-7-10-18/h5-7,9-10H,4,8,11-17H2,1-3H3,(H,21,22). The van der Waals surface area contributed by atoms with Gasteiger partial charge in [-0.15, -0.1) is 0 Å². The summed E-state index contributed by atoms with van der Waals surface area (Å²) in [4.78, 5) is 22.5. The van der Waals surface area contributed by atoms with Gasteiger partial charge < -0.3 is 24.8 Å². The lowest BCUT2D eigenvalue weighted by Gasteiger charge is -2.35. The first kappa shape index (κ1) is 21.0. The molecule has 1 fully saturated rings. The highest BCUT2D eigenvalue weighted by Gasteiger charge is 2.23. The van der Waals surface area contributed by atoms with Crippen LogP contribution in [-0.2, 0) is 11.3 Å². The van der Waals surface area contributed by atoms with Gasteiger partial charge in [0.05, 0.1) is 6.61 Å². The van der Waals surface area contributed by atoms with Gasteiger partial charge in [-0.05, 0) is 32.5 Å². The summed E-state index contributed by atoms with van der Waals surface area (Å²) in [6.45, 7) is 7.99. The van der Waals surface area contributed by atoms with Crippen molar-refractivity contribution in [1.29, 1.82) is 0 Å². The zero-order valence-corrected chi connectivity index (χ0v) is 16.9. The smallest absolute Gasteiger partial charge is 0.409 e. The number of nitrogens with zero attached hydrogens (tertiary/aromatic N) is 4. The summed E-state index contributed by atoms with van der Waals surface area (Å²) in [6.07, 6.45) is 0.826. The molecule has 0 unspecified atom stereocenters. The molecule has 1 aromatic carbocycles. The Kier molecular flexibility index (Phi) is 8.91. The molecule has 27 heavy (non-hydrogen) atoms. The Morgan fingerprint density at radius 1 is 1.19 bits per heavy atom. The number of benzene rings is 1. The Morgan fingerprint density at radius 3 is 2.48 bits per heavy atom. The largest absolute Gasteiger partial charge is 0.450 e. The number of ether oxygens (including phenoxy) is 1. The van der Waals surface area contributed by atoms with Gasteiger partial charge in [-0.2, -0.15) is 0 Å². The fourth-order valence-electron chi connectivity index (χ4n) is 3.17. The first-order valence-electron chi connectivity index (χ1n) is 9.73. The van der Waals surface area contributed by atoms with E-state index in [1.54, 1.807) is 4.90 Å². The van der Waals surface area contributed by atoms with Gasteiger partial charge in [0.25, 0.3) is 0 Å². The summed E-state index contributed by atoms with van der Waals surface area (Å²) in [5, 5.41) is 3.44. The average Bonchev–Trinajstić information content (AvgIpc) is 2.69. The molecule has 1 heterocycles. The average molecular weight is 376 g/mol. The second-order valence-corrected chi connectivity index (χ2v) is 6.72. The van der Waals surface area contributed by atoms with E-state index in [1.165, 1.54) is 5.56 Å². The van der Waals surface area contributed by atoms with Crippen LogP contribution >= 0.6 is 0 Å². The highest BCUT2D eigenvalue weighted by atomic mass is 16.6. The number of hydrogen-bond donors (Lipinski definition) is 1. The van der Waals surface area contributed by atoms with E-state index >= 15 is 0 Å². The Balaban J connectivity index is 1.65. The topological polar surface area (TPSA) is 60.4 Å². The number of piperazine rings is 1. The van der Waals surface area contributed by atoms with Gasteiger partial charge in [-0.25, -0.2) is 4.79 Å². The normalized spacial score (nSPS) is 15.2. The molecule has 1 amide bonds. The molecule has 7 heteroatoms. The Morgan fingerprint density at radius 2 is 1.85 bits per heavy atom. The molecule has 0 radical (unpaired) electrons. The molecule has 0 bridgehead atoms. The van der Waals surface area contributed by atoms with Gasteiger partial charge in [-0.3, -0.25) is 4.99 Å². The Hall–Kier alpha value is -2.28. The van der Waals surface area contributed by atoms with Crippen molar-refractivity contribution in [2.45, 2.75) is 19.9 Å². The predicted molar refractivity (Wildman–Crippen MR) is 109 cm³/mol. The zero-order valence-electron chi connectivity index (χ0n) is 16.9. The number of amides is 1. The van der Waals surface area contributed by atoms with E-state index in [9.17, 15) is 4.79 Å². The van der Waals surface area contributed by atoms with Crippen molar-refractivity contribution in [2.24, 2.45) is 4.99 Å². The lowest BCUT2D eigenvalue weighted by Crippen LogP contribution is -2.54. The molecule has 7 nitrogen and oxygen atoms in total. The molecule has 1 aromatic rings. The van der Waals surface area contributed by atoms with E-state index in [0.29, 0.717) is 19.7 Å². The van der Waals surface area contributed by atoms with Crippen molar-refractivity contribution < 1.29 is 9.53 Å². The van der Waals surface area contributed by atoms with Crippen LogP contribution in [0.15, 0.2) is 35.3 Å². The number of rotatable bonds is 7. The minimum Gasteiger partial charge on any atom is -0.450 e. The van der Waals surface area contributed by atoms with Gasteiger partial charge in [0.1, 0.15) is 0 Å². The molecule has 0 spiro atoms. The van der Waals surface area contributed by atoms with E-state index in [0.717, 1.165) is 45.1 Å². The van der Waals surface area contributed by atoms with Crippen LogP contribution in [0.4, 0.5) is 4.79 Å². The van der Waals surface area contributed by atoms with Gasteiger partial charge in [0.15, 0.2) is 5.96 Å². The number of guanidine groups is 1. The summed E-state index contributed by atoms with van der Waals surface area (Å²) in [5.74, 6) is 0.907. The van der Waals surface area contributed by atoms with Crippen molar-refractivity contribution in [1.82, 2.24) is 20.0 Å². The molecule has 150 valence electrons. The molecule has 0 aromatic heterocycles. The second-order valence-electron chi connectivity index (χ2n) is 6.72. The molecular weight excluding hydrogens is 342 g/mol. The summed E-state index contributed by atoms with van der Waals surface area (Å²) in [6, 6.07) is 10.5. The van der Waals surface area contributed by atoms with Crippen molar-refractivity contribution >= 4 is 12.1 Å². The highest BCUT2D eigenvalue weighted by Crippen LogP contribution is 2.05. The van der Waals surface area contributed by atoms with E-state index in [1.807, 2.05) is 20.0 Å².